The standard InChI is InChI=1S/C22H25ClO4/c1-22(25)13-20(27-21(24)14-22)4-2-3-16-7-11-19(12-8-16)26-15-17-5-9-18(23)10-6-17/h5-12,20,25H,2-4,13-15H2,1H3. The van der Waals surface area contributed by atoms with Gasteiger partial charge in [0.1, 0.15) is 18.5 Å². The molecule has 1 heterocycles. The van der Waals surface area contributed by atoms with Gasteiger partial charge in [-0.3, -0.25) is 4.79 Å². The summed E-state index contributed by atoms with van der Waals surface area (Å²) in [4.78, 5) is 11.5. The van der Waals surface area contributed by atoms with Crippen LogP contribution in [0.2, 0.25) is 5.02 Å². The molecule has 3 rings (SSSR count). The number of ether oxygens (including phenoxy) is 2. The smallest absolute Gasteiger partial charge is 0.308 e. The molecule has 0 bridgehead atoms. The number of hydrogen-bond acceptors (Lipinski definition) is 4. The van der Waals surface area contributed by atoms with Crippen molar-refractivity contribution in [2.75, 3.05) is 0 Å². The highest BCUT2D eigenvalue weighted by atomic mass is 35.5. The molecule has 0 radical (unpaired) electrons. The Labute approximate surface area is 165 Å². The highest BCUT2D eigenvalue weighted by Gasteiger charge is 2.35. The zero-order chi connectivity index (χ0) is 19.3. The average Bonchev–Trinajstić information content (AvgIpc) is 2.61. The van der Waals surface area contributed by atoms with Crippen molar-refractivity contribution in [1.82, 2.24) is 0 Å². The van der Waals surface area contributed by atoms with E-state index in [4.69, 9.17) is 21.1 Å². The van der Waals surface area contributed by atoms with E-state index in [2.05, 4.69) is 12.1 Å². The molecule has 0 aromatic heterocycles. The van der Waals surface area contributed by atoms with Crippen LogP contribution in [-0.4, -0.2) is 22.8 Å². The number of halogens is 1. The minimum atomic E-state index is -0.941. The SMILES string of the molecule is CC1(O)CC(=O)OC(CCCc2ccc(OCc3ccc(Cl)cc3)cc2)C1. The van der Waals surface area contributed by atoms with E-state index < -0.39 is 5.60 Å². The summed E-state index contributed by atoms with van der Waals surface area (Å²) in [7, 11) is 0. The van der Waals surface area contributed by atoms with Crippen molar-refractivity contribution in [1.29, 1.82) is 0 Å². The summed E-state index contributed by atoms with van der Waals surface area (Å²) in [6.45, 7) is 2.20. The fourth-order valence-corrected chi connectivity index (χ4v) is 3.46. The van der Waals surface area contributed by atoms with E-state index in [1.54, 1.807) is 6.92 Å². The van der Waals surface area contributed by atoms with Crippen molar-refractivity contribution in [3.8, 4) is 5.75 Å². The van der Waals surface area contributed by atoms with Crippen LogP contribution in [0.25, 0.3) is 0 Å². The minimum Gasteiger partial charge on any atom is -0.489 e. The maximum absolute atomic E-state index is 11.5. The minimum absolute atomic E-state index is 0.0843. The van der Waals surface area contributed by atoms with Gasteiger partial charge in [0.2, 0.25) is 0 Å². The van der Waals surface area contributed by atoms with Gasteiger partial charge in [0.05, 0.1) is 12.0 Å². The van der Waals surface area contributed by atoms with E-state index in [0.717, 1.165) is 35.6 Å². The largest absolute Gasteiger partial charge is 0.489 e. The fourth-order valence-electron chi connectivity index (χ4n) is 3.34. The molecule has 2 unspecified atom stereocenters. The van der Waals surface area contributed by atoms with Gasteiger partial charge in [-0.05, 0) is 61.6 Å². The van der Waals surface area contributed by atoms with E-state index >= 15 is 0 Å². The molecule has 5 heteroatoms. The summed E-state index contributed by atoms with van der Waals surface area (Å²) in [5, 5.41) is 10.8. The monoisotopic (exact) mass is 388 g/mol. The van der Waals surface area contributed by atoms with Crippen molar-refractivity contribution < 1.29 is 19.4 Å². The summed E-state index contributed by atoms with van der Waals surface area (Å²) in [6, 6.07) is 15.7. The Kier molecular flexibility index (Phi) is 6.40. The first-order valence-electron chi connectivity index (χ1n) is 9.28. The number of cyclic esters (lactones) is 1. The lowest BCUT2D eigenvalue weighted by atomic mass is 9.90. The molecule has 0 saturated carbocycles. The van der Waals surface area contributed by atoms with Gasteiger partial charge >= 0.3 is 5.97 Å². The topological polar surface area (TPSA) is 55.8 Å². The Morgan fingerprint density at radius 1 is 1.15 bits per heavy atom. The summed E-state index contributed by atoms with van der Waals surface area (Å²) >= 11 is 5.88. The third-order valence-electron chi connectivity index (χ3n) is 4.72. The van der Waals surface area contributed by atoms with Crippen LogP contribution in [0.15, 0.2) is 48.5 Å². The maximum atomic E-state index is 11.5. The second-order valence-electron chi connectivity index (χ2n) is 7.44. The van der Waals surface area contributed by atoms with Crippen LogP contribution >= 0.6 is 11.6 Å². The van der Waals surface area contributed by atoms with Crippen LogP contribution in [0.1, 0.15) is 43.7 Å². The number of carbonyl (C=O) groups excluding carboxylic acids is 1. The Balaban J connectivity index is 1.42. The molecule has 0 amide bonds. The molecule has 1 N–H and O–H groups in total. The molecule has 0 aliphatic carbocycles. The molecule has 144 valence electrons. The van der Waals surface area contributed by atoms with Gasteiger partial charge in [-0.25, -0.2) is 0 Å². The Hall–Kier alpha value is -2.04. The van der Waals surface area contributed by atoms with Crippen molar-refractivity contribution in [2.24, 2.45) is 0 Å². The highest BCUT2D eigenvalue weighted by Crippen LogP contribution is 2.27. The summed E-state index contributed by atoms with van der Waals surface area (Å²) in [5.74, 6) is 0.518. The van der Waals surface area contributed by atoms with Gasteiger partial charge in [0, 0.05) is 11.4 Å². The first-order valence-corrected chi connectivity index (χ1v) is 9.65. The number of hydrogen-bond donors (Lipinski definition) is 1. The molecule has 27 heavy (non-hydrogen) atoms. The predicted molar refractivity (Wildman–Crippen MR) is 105 cm³/mol. The highest BCUT2D eigenvalue weighted by molar-refractivity contribution is 6.30. The van der Waals surface area contributed by atoms with Crippen molar-refractivity contribution in [2.45, 2.75) is 57.3 Å². The first-order chi connectivity index (χ1) is 12.9. The van der Waals surface area contributed by atoms with Crippen LogP contribution in [0, 0.1) is 0 Å². The lowest BCUT2D eigenvalue weighted by Crippen LogP contribution is -2.40. The Bertz CT molecular complexity index is 753. The molecule has 0 spiro atoms. The molecule has 4 nitrogen and oxygen atoms in total. The molecular formula is C22H25ClO4. The molecule has 2 aromatic carbocycles. The maximum Gasteiger partial charge on any atom is 0.308 e. The third-order valence-corrected chi connectivity index (χ3v) is 4.98. The van der Waals surface area contributed by atoms with Gasteiger partial charge in [0.15, 0.2) is 0 Å². The van der Waals surface area contributed by atoms with E-state index in [0.29, 0.717) is 13.0 Å². The van der Waals surface area contributed by atoms with Crippen molar-refractivity contribution in [3.05, 3.63) is 64.7 Å². The summed E-state index contributed by atoms with van der Waals surface area (Å²) < 4.78 is 11.1. The molecule has 1 fully saturated rings. The Morgan fingerprint density at radius 2 is 1.81 bits per heavy atom. The van der Waals surface area contributed by atoms with Crippen LogP contribution in [0.4, 0.5) is 0 Å². The summed E-state index contributed by atoms with van der Waals surface area (Å²) in [6.07, 6.45) is 2.96. The molecule has 1 aliphatic rings. The Morgan fingerprint density at radius 3 is 2.48 bits per heavy atom. The second-order valence-corrected chi connectivity index (χ2v) is 7.88. The molecule has 2 aromatic rings. The molecule has 1 saturated heterocycles. The van der Waals surface area contributed by atoms with Gasteiger partial charge < -0.3 is 14.6 Å². The van der Waals surface area contributed by atoms with Gasteiger partial charge in [0.25, 0.3) is 0 Å². The van der Waals surface area contributed by atoms with E-state index in [-0.39, 0.29) is 18.5 Å². The quantitative estimate of drug-likeness (QED) is 0.698. The number of aryl methyl sites for hydroxylation is 1. The number of carbonyl (C=O) groups is 1. The van der Waals surface area contributed by atoms with Gasteiger partial charge in [-0.15, -0.1) is 0 Å². The lowest BCUT2D eigenvalue weighted by molar-refractivity contribution is -0.168. The van der Waals surface area contributed by atoms with E-state index in [9.17, 15) is 9.90 Å². The molecule has 1 aliphatic heterocycles. The molecular weight excluding hydrogens is 364 g/mol. The van der Waals surface area contributed by atoms with Gasteiger partial charge in [-0.2, -0.15) is 0 Å². The summed E-state index contributed by atoms with van der Waals surface area (Å²) in [5.41, 5.74) is 1.34. The number of benzene rings is 2. The van der Waals surface area contributed by atoms with Gasteiger partial charge in [-0.1, -0.05) is 35.9 Å². The van der Waals surface area contributed by atoms with Crippen LogP contribution in [0.3, 0.4) is 0 Å². The third kappa shape index (κ3) is 6.26. The number of aliphatic hydroxyl groups is 1. The second kappa shape index (κ2) is 8.77. The predicted octanol–water partition coefficient (Wildman–Crippen LogP) is 4.70. The van der Waals surface area contributed by atoms with E-state index in [1.165, 1.54) is 5.56 Å². The van der Waals surface area contributed by atoms with Crippen LogP contribution < -0.4 is 4.74 Å². The number of rotatable bonds is 7. The first kappa shape index (κ1) is 19.7. The number of esters is 1. The van der Waals surface area contributed by atoms with E-state index in [1.807, 2.05) is 36.4 Å². The van der Waals surface area contributed by atoms with Crippen molar-refractivity contribution >= 4 is 17.6 Å². The van der Waals surface area contributed by atoms with Crippen LogP contribution in [0.5, 0.6) is 5.75 Å². The zero-order valence-electron chi connectivity index (χ0n) is 15.5. The van der Waals surface area contributed by atoms with Crippen molar-refractivity contribution in [3.63, 3.8) is 0 Å². The lowest BCUT2D eigenvalue weighted by Gasteiger charge is -2.33. The zero-order valence-corrected chi connectivity index (χ0v) is 16.2. The fraction of sp³-hybridized carbons (Fsp3) is 0.409. The van der Waals surface area contributed by atoms with Crippen LogP contribution in [-0.2, 0) is 22.6 Å². The normalized spacial score (nSPS) is 22.3. The molecule has 2 atom stereocenters. The average molecular weight is 389 g/mol.